The van der Waals surface area contributed by atoms with Crippen molar-refractivity contribution in [3.05, 3.63) is 72.3 Å². The normalized spacial score (nSPS) is 17.0. The van der Waals surface area contributed by atoms with Crippen molar-refractivity contribution in [1.29, 1.82) is 0 Å². The molecule has 0 heterocycles. The van der Waals surface area contributed by atoms with Crippen LogP contribution in [0.3, 0.4) is 0 Å². The molecule has 0 fully saturated rings. The van der Waals surface area contributed by atoms with Gasteiger partial charge < -0.3 is 19.5 Å². The second-order valence-electron chi connectivity index (χ2n) is 11.7. The zero-order chi connectivity index (χ0) is 30.7. The van der Waals surface area contributed by atoms with Crippen molar-refractivity contribution in [2.24, 2.45) is 17.8 Å². The van der Waals surface area contributed by atoms with Gasteiger partial charge in [0.05, 0.1) is 25.6 Å². The predicted molar refractivity (Wildman–Crippen MR) is 164 cm³/mol. The van der Waals surface area contributed by atoms with Crippen molar-refractivity contribution in [2.75, 3.05) is 25.7 Å². The fourth-order valence-electron chi connectivity index (χ4n) is 5.36. The van der Waals surface area contributed by atoms with Crippen LogP contribution >= 0.6 is 0 Å². The van der Waals surface area contributed by atoms with Gasteiger partial charge in [0.15, 0.2) is 0 Å². The van der Waals surface area contributed by atoms with Crippen LogP contribution in [0.4, 0.5) is 5.69 Å². The predicted octanol–water partition coefficient (Wildman–Crippen LogP) is 5.70. The molecule has 0 saturated carbocycles. The number of carbonyl (C=O) groups excluding carboxylic acids is 3. The summed E-state index contributed by atoms with van der Waals surface area (Å²) in [4.78, 5) is 43.0. The fourth-order valence-corrected chi connectivity index (χ4v) is 5.36. The maximum absolute atomic E-state index is 14.8. The van der Waals surface area contributed by atoms with Crippen LogP contribution in [-0.2, 0) is 30.5 Å². The third-order valence-electron chi connectivity index (χ3n) is 7.47. The largest absolute Gasteiger partial charge is 0.497 e. The van der Waals surface area contributed by atoms with Crippen LogP contribution in [0.5, 0.6) is 5.75 Å². The molecule has 4 unspecified atom stereocenters. The van der Waals surface area contributed by atoms with Gasteiger partial charge in [-0.1, -0.05) is 42.5 Å². The Kier molecular flexibility index (Phi) is 12.2. The minimum atomic E-state index is -0.820. The van der Waals surface area contributed by atoms with Gasteiger partial charge in [0, 0.05) is 19.3 Å². The third-order valence-corrected chi connectivity index (χ3v) is 7.47. The lowest BCUT2D eigenvalue weighted by molar-refractivity contribution is -0.165. The highest BCUT2D eigenvalue weighted by Gasteiger charge is 2.44. The molecule has 42 heavy (non-hydrogen) atoms. The van der Waals surface area contributed by atoms with Gasteiger partial charge in [-0.25, -0.2) is 0 Å². The topological polar surface area (TPSA) is 94.2 Å². The maximum atomic E-state index is 14.8. The number of hydrogen-bond acceptors (Lipinski definition) is 6. The number of rotatable bonds is 13. The molecule has 4 atom stereocenters. The molecule has 2 aromatic carbocycles. The number of carbonyl (C=O) groups is 3. The van der Waals surface area contributed by atoms with Crippen molar-refractivity contribution in [3.63, 3.8) is 0 Å². The van der Waals surface area contributed by atoms with Crippen molar-refractivity contribution in [1.82, 2.24) is 5.32 Å². The second-order valence-corrected chi connectivity index (χ2v) is 11.7. The smallest absolute Gasteiger partial charge is 0.310 e. The van der Waals surface area contributed by atoms with E-state index in [4.69, 9.17) is 14.2 Å². The lowest BCUT2D eigenvalue weighted by Crippen LogP contribution is -2.53. The molecule has 0 bridgehead atoms. The first kappa shape index (κ1) is 32.9. The summed E-state index contributed by atoms with van der Waals surface area (Å²) in [5.41, 5.74) is 0.838. The van der Waals surface area contributed by atoms with Crippen molar-refractivity contribution in [2.45, 2.75) is 71.6 Å². The molecule has 0 saturated heterocycles. The Morgan fingerprint density at radius 2 is 1.74 bits per heavy atom. The van der Waals surface area contributed by atoms with Crippen LogP contribution in [0.25, 0.3) is 0 Å². The van der Waals surface area contributed by atoms with E-state index in [-0.39, 0.29) is 24.3 Å². The van der Waals surface area contributed by atoms with Gasteiger partial charge in [-0.15, -0.1) is 0 Å². The molecule has 0 radical (unpaired) electrons. The molecule has 1 aliphatic rings. The Morgan fingerprint density at radius 1 is 1.05 bits per heavy atom. The van der Waals surface area contributed by atoms with E-state index in [0.29, 0.717) is 24.5 Å². The molecule has 0 aromatic heterocycles. The molecule has 1 aliphatic carbocycles. The second kappa shape index (κ2) is 15.5. The fraction of sp³-hybridized carbons (Fsp3) is 0.500. The molecule has 2 aromatic rings. The number of methoxy groups -OCH3 is 1. The first-order valence-corrected chi connectivity index (χ1v) is 14.8. The van der Waals surface area contributed by atoms with Gasteiger partial charge >= 0.3 is 5.97 Å². The van der Waals surface area contributed by atoms with Crippen LogP contribution in [0, 0.1) is 17.8 Å². The standard InChI is InChI=1S/C34H46N2O6/c1-24(31(37)35-5)36(27-17-19-28(40-6)20-18-27)32(38)30(26-15-11-8-12-16-26)29(33(39)42-34(2,3)4)21-22-41-23-25-13-9-7-10-14-25/h7,9-11,13-15,17-20,24,26,29-30H,8,12,16,21-23H2,1-6H3,(H,35,37). The van der Waals surface area contributed by atoms with Crippen LogP contribution < -0.4 is 15.0 Å². The molecule has 8 heteroatoms. The summed E-state index contributed by atoms with van der Waals surface area (Å²) < 4.78 is 17.2. The molecule has 8 nitrogen and oxygen atoms in total. The Morgan fingerprint density at radius 3 is 2.31 bits per heavy atom. The highest BCUT2D eigenvalue weighted by Crippen LogP contribution is 2.37. The number of nitrogens with zero attached hydrogens (tertiary/aromatic N) is 1. The summed E-state index contributed by atoms with van der Waals surface area (Å²) in [7, 11) is 3.12. The summed E-state index contributed by atoms with van der Waals surface area (Å²) in [6, 6.07) is 16.0. The van der Waals surface area contributed by atoms with E-state index in [9.17, 15) is 14.4 Å². The number of likely N-dealkylation sites (N-methyl/N-ethyl adjacent to an activating group) is 1. The monoisotopic (exact) mass is 578 g/mol. The summed E-state index contributed by atoms with van der Waals surface area (Å²) in [6.07, 6.45) is 7.00. The van der Waals surface area contributed by atoms with Gasteiger partial charge in [0.25, 0.3) is 0 Å². The lowest BCUT2D eigenvalue weighted by atomic mass is 9.74. The number of nitrogens with one attached hydrogen (secondary N) is 1. The molecule has 0 spiro atoms. The van der Waals surface area contributed by atoms with Gasteiger partial charge in [0.1, 0.15) is 17.4 Å². The van der Waals surface area contributed by atoms with E-state index in [1.54, 1.807) is 45.3 Å². The highest BCUT2D eigenvalue weighted by atomic mass is 16.6. The van der Waals surface area contributed by atoms with E-state index in [1.807, 2.05) is 57.2 Å². The minimum absolute atomic E-state index is 0.199. The average Bonchev–Trinajstić information content (AvgIpc) is 2.98. The first-order valence-electron chi connectivity index (χ1n) is 14.8. The highest BCUT2D eigenvalue weighted by molar-refractivity contribution is 6.03. The van der Waals surface area contributed by atoms with E-state index in [0.717, 1.165) is 24.8 Å². The number of benzene rings is 2. The van der Waals surface area contributed by atoms with Crippen LogP contribution in [0.2, 0.25) is 0 Å². The van der Waals surface area contributed by atoms with Gasteiger partial charge in [0.2, 0.25) is 11.8 Å². The summed E-state index contributed by atoms with van der Waals surface area (Å²) >= 11 is 0. The molecule has 228 valence electrons. The van der Waals surface area contributed by atoms with Crippen LogP contribution in [0.15, 0.2) is 66.7 Å². The molecule has 0 aliphatic heterocycles. The lowest BCUT2D eigenvalue weighted by Gasteiger charge is -2.38. The van der Waals surface area contributed by atoms with E-state index < -0.39 is 29.4 Å². The average molecular weight is 579 g/mol. The quantitative estimate of drug-likeness (QED) is 0.186. The Labute approximate surface area is 250 Å². The van der Waals surface area contributed by atoms with Crippen LogP contribution in [0.1, 0.15) is 58.9 Å². The number of hydrogen-bond donors (Lipinski definition) is 1. The molecule has 3 rings (SSSR count). The Bertz CT molecular complexity index is 1190. The van der Waals surface area contributed by atoms with Crippen LogP contribution in [-0.4, -0.2) is 50.2 Å². The van der Waals surface area contributed by atoms with Crippen molar-refractivity contribution in [3.8, 4) is 5.75 Å². The van der Waals surface area contributed by atoms with Gasteiger partial charge in [-0.2, -0.15) is 0 Å². The molecular formula is C34H46N2O6. The van der Waals surface area contributed by atoms with E-state index in [2.05, 4.69) is 11.4 Å². The maximum Gasteiger partial charge on any atom is 0.310 e. The molecular weight excluding hydrogens is 532 g/mol. The zero-order valence-corrected chi connectivity index (χ0v) is 25.8. The van der Waals surface area contributed by atoms with E-state index in [1.165, 1.54) is 4.90 Å². The summed E-state index contributed by atoms with van der Waals surface area (Å²) in [5.74, 6) is -2.15. The van der Waals surface area contributed by atoms with Gasteiger partial charge in [-0.05, 0) is 89.1 Å². The number of esters is 1. The number of ether oxygens (including phenoxy) is 3. The number of allylic oxidation sites excluding steroid dienone is 2. The Hall–Kier alpha value is -3.65. The SMILES string of the molecule is CNC(=O)C(C)N(C(=O)C(C1C=CCCC1)C(CCOCc1ccccc1)C(=O)OC(C)(C)C)c1ccc(OC)cc1. The summed E-state index contributed by atoms with van der Waals surface area (Å²) in [5, 5.41) is 2.67. The number of amides is 2. The van der Waals surface area contributed by atoms with Gasteiger partial charge in [-0.3, -0.25) is 19.3 Å². The van der Waals surface area contributed by atoms with Crippen molar-refractivity contribution >= 4 is 23.5 Å². The third kappa shape index (κ3) is 9.18. The first-order chi connectivity index (χ1) is 20.1. The number of anilines is 1. The molecule has 2 amide bonds. The van der Waals surface area contributed by atoms with Crippen molar-refractivity contribution < 1.29 is 28.6 Å². The Balaban J connectivity index is 2.02. The molecule has 1 N–H and O–H groups in total. The van der Waals surface area contributed by atoms with E-state index >= 15 is 0 Å². The minimum Gasteiger partial charge on any atom is -0.497 e. The summed E-state index contributed by atoms with van der Waals surface area (Å²) in [6.45, 7) is 7.83. The zero-order valence-electron chi connectivity index (χ0n) is 25.8.